The molecule has 2 rings (SSSR count). The summed E-state index contributed by atoms with van der Waals surface area (Å²) in [6, 6.07) is 0.493. The average Bonchev–Trinajstić information content (AvgIpc) is 3.08. The molecule has 2 aliphatic rings. The van der Waals surface area contributed by atoms with E-state index in [0.717, 1.165) is 32.1 Å². The van der Waals surface area contributed by atoms with Gasteiger partial charge in [-0.2, -0.15) is 0 Å². The van der Waals surface area contributed by atoms with Crippen molar-refractivity contribution in [3.8, 4) is 0 Å². The van der Waals surface area contributed by atoms with Crippen LogP contribution in [0.4, 0.5) is 0 Å². The van der Waals surface area contributed by atoms with Crippen molar-refractivity contribution in [2.24, 2.45) is 5.92 Å². The zero-order valence-electron chi connectivity index (χ0n) is 11.0. The highest BCUT2D eigenvalue weighted by Crippen LogP contribution is 2.34. The average molecular weight is 239 g/mol. The van der Waals surface area contributed by atoms with Gasteiger partial charge in [0.2, 0.25) is 5.91 Å². The topological polar surface area (TPSA) is 44.4 Å². The Morgan fingerprint density at radius 2 is 2.18 bits per heavy atom. The van der Waals surface area contributed by atoms with Crippen molar-refractivity contribution < 1.29 is 4.79 Å². The monoisotopic (exact) mass is 239 g/mol. The Hall–Kier alpha value is -0.610. The number of carbonyl (C=O) groups excluding carboxylic acids is 1. The number of hydrogen-bond acceptors (Lipinski definition) is 3. The van der Waals surface area contributed by atoms with Crippen LogP contribution < -0.4 is 10.6 Å². The molecular weight excluding hydrogens is 214 g/mol. The van der Waals surface area contributed by atoms with Crippen molar-refractivity contribution in [2.75, 3.05) is 26.2 Å². The van der Waals surface area contributed by atoms with Crippen molar-refractivity contribution in [3.05, 3.63) is 0 Å². The summed E-state index contributed by atoms with van der Waals surface area (Å²) in [4.78, 5) is 14.3. The second-order valence-corrected chi connectivity index (χ2v) is 5.36. The Bertz CT molecular complexity index is 263. The maximum atomic E-state index is 12.1. The number of rotatable bonds is 5. The molecule has 1 saturated carbocycles. The Morgan fingerprint density at radius 1 is 1.47 bits per heavy atom. The smallest absolute Gasteiger partial charge is 0.237 e. The van der Waals surface area contributed by atoms with E-state index in [1.54, 1.807) is 0 Å². The van der Waals surface area contributed by atoms with Gasteiger partial charge in [0.05, 0.1) is 6.04 Å². The molecule has 0 aromatic carbocycles. The molecule has 0 bridgehead atoms. The summed E-state index contributed by atoms with van der Waals surface area (Å²) in [5.41, 5.74) is 0. The molecule has 2 N–H and O–H groups in total. The number of nitrogens with zero attached hydrogens (tertiary/aromatic N) is 1. The zero-order chi connectivity index (χ0) is 12.3. The van der Waals surface area contributed by atoms with Gasteiger partial charge in [0, 0.05) is 32.2 Å². The van der Waals surface area contributed by atoms with Crippen LogP contribution in [0.15, 0.2) is 0 Å². The largest absolute Gasteiger partial charge is 0.352 e. The van der Waals surface area contributed by atoms with Crippen molar-refractivity contribution in [1.82, 2.24) is 15.5 Å². The minimum atomic E-state index is 0.0278. The molecule has 0 radical (unpaired) electrons. The van der Waals surface area contributed by atoms with Gasteiger partial charge in [0.15, 0.2) is 0 Å². The predicted molar refractivity (Wildman–Crippen MR) is 68.9 cm³/mol. The second-order valence-electron chi connectivity index (χ2n) is 5.36. The van der Waals surface area contributed by atoms with Gasteiger partial charge in [0.25, 0.3) is 0 Å². The summed E-state index contributed by atoms with van der Waals surface area (Å²) in [6.07, 6.45) is 3.67. The normalized spacial score (nSPS) is 30.9. The molecule has 1 heterocycles. The molecule has 98 valence electrons. The Labute approximate surface area is 104 Å². The van der Waals surface area contributed by atoms with E-state index in [0.29, 0.717) is 6.04 Å². The lowest BCUT2D eigenvalue weighted by atomic mass is 10.2. The van der Waals surface area contributed by atoms with Crippen LogP contribution in [0, 0.1) is 5.92 Å². The van der Waals surface area contributed by atoms with Gasteiger partial charge in [-0.05, 0) is 25.7 Å². The van der Waals surface area contributed by atoms with E-state index in [1.807, 2.05) is 6.92 Å². The van der Waals surface area contributed by atoms with Crippen molar-refractivity contribution >= 4 is 5.91 Å². The lowest BCUT2D eigenvalue weighted by Gasteiger charge is -2.31. The van der Waals surface area contributed by atoms with Gasteiger partial charge >= 0.3 is 0 Å². The van der Waals surface area contributed by atoms with Gasteiger partial charge in [-0.25, -0.2) is 0 Å². The number of hydrogen-bond donors (Lipinski definition) is 2. The van der Waals surface area contributed by atoms with E-state index >= 15 is 0 Å². The summed E-state index contributed by atoms with van der Waals surface area (Å²) in [6.45, 7) is 8.20. The van der Waals surface area contributed by atoms with Crippen molar-refractivity contribution in [3.63, 3.8) is 0 Å². The molecule has 1 amide bonds. The first-order valence-corrected chi connectivity index (χ1v) is 6.97. The molecule has 0 spiro atoms. The van der Waals surface area contributed by atoms with Crippen LogP contribution in [-0.4, -0.2) is 49.1 Å². The molecule has 4 heteroatoms. The Kier molecular flexibility index (Phi) is 4.40. The van der Waals surface area contributed by atoms with E-state index in [1.165, 1.54) is 19.3 Å². The standard InChI is InChI=1S/C13H25N3O/c1-3-4-11-9-12(11)15-13(17)10(2)16-7-5-14-6-8-16/h10-12,14H,3-9H2,1-2H3,(H,15,17). The molecule has 17 heavy (non-hydrogen) atoms. The molecule has 1 saturated heterocycles. The highest BCUT2D eigenvalue weighted by Gasteiger charge is 2.38. The number of amides is 1. The number of carbonyl (C=O) groups is 1. The lowest BCUT2D eigenvalue weighted by molar-refractivity contribution is -0.126. The predicted octanol–water partition coefficient (Wildman–Crippen LogP) is 0.585. The third-order valence-corrected chi connectivity index (χ3v) is 3.99. The van der Waals surface area contributed by atoms with Crippen LogP contribution >= 0.6 is 0 Å². The molecule has 3 atom stereocenters. The van der Waals surface area contributed by atoms with E-state index in [2.05, 4.69) is 22.5 Å². The first-order valence-electron chi connectivity index (χ1n) is 6.97. The van der Waals surface area contributed by atoms with Crippen molar-refractivity contribution in [1.29, 1.82) is 0 Å². The molecule has 3 unspecified atom stereocenters. The fourth-order valence-electron chi connectivity index (χ4n) is 2.65. The third-order valence-electron chi connectivity index (χ3n) is 3.99. The van der Waals surface area contributed by atoms with Crippen LogP contribution in [0.1, 0.15) is 33.1 Å². The Balaban J connectivity index is 1.72. The summed E-state index contributed by atoms with van der Waals surface area (Å²) >= 11 is 0. The van der Waals surface area contributed by atoms with Gasteiger partial charge in [0.1, 0.15) is 0 Å². The summed E-state index contributed by atoms with van der Waals surface area (Å²) < 4.78 is 0. The van der Waals surface area contributed by atoms with Gasteiger partial charge < -0.3 is 10.6 Å². The maximum Gasteiger partial charge on any atom is 0.237 e. The second kappa shape index (κ2) is 5.83. The van der Waals surface area contributed by atoms with Gasteiger partial charge in [-0.1, -0.05) is 13.3 Å². The molecule has 0 aromatic heterocycles. The lowest BCUT2D eigenvalue weighted by Crippen LogP contribution is -2.53. The van der Waals surface area contributed by atoms with Gasteiger partial charge in [-0.3, -0.25) is 9.69 Å². The molecule has 0 aromatic rings. The quantitative estimate of drug-likeness (QED) is 0.738. The van der Waals surface area contributed by atoms with Crippen LogP contribution in [0.3, 0.4) is 0 Å². The molecule has 4 nitrogen and oxygen atoms in total. The van der Waals surface area contributed by atoms with E-state index in [-0.39, 0.29) is 11.9 Å². The summed E-state index contributed by atoms with van der Waals surface area (Å²) in [7, 11) is 0. The SMILES string of the molecule is CCCC1CC1NC(=O)C(C)N1CCNCC1. The fourth-order valence-corrected chi connectivity index (χ4v) is 2.65. The third kappa shape index (κ3) is 3.42. The minimum absolute atomic E-state index is 0.0278. The van der Waals surface area contributed by atoms with Crippen LogP contribution in [0.2, 0.25) is 0 Å². The molecular formula is C13H25N3O. The highest BCUT2D eigenvalue weighted by atomic mass is 16.2. The van der Waals surface area contributed by atoms with E-state index in [4.69, 9.17) is 0 Å². The highest BCUT2D eigenvalue weighted by molar-refractivity contribution is 5.82. The minimum Gasteiger partial charge on any atom is -0.352 e. The number of nitrogens with one attached hydrogen (secondary N) is 2. The molecule has 1 aliphatic heterocycles. The van der Waals surface area contributed by atoms with Crippen LogP contribution in [0.5, 0.6) is 0 Å². The number of piperazine rings is 1. The molecule has 2 fully saturated rings. The van der Waals surface area contributed by atoms with E-state index < -0.39 is 0 Å². The van der Waals surface area contributed by atoms with E-state index in [9.17, 15) is 4.79 Å². The first-order chi connectivity index (χ1) is 8.22. The maximum absolute atomic E-state index is 12.1. The Morgan fingerprint density at radius 3 is 2.82 bits per heavy atom. The fraction of sp³-hybridized carbons (Fsp3) is 0.923. The zero-order valence-corrected chi connectivity index (χ0v) is 11.0. The summed E-state index contributed by atoms with van der Waals surface area (Å²) in [5, 5.41) is 6.50. The molecule has 1 aliphatic carbocycles. The van der Waals surface area contributed by atoms with Crippen LogP contribution in [-0.2, 0) is 4.79 Å². The van der Waals surface area contributed by atoms with Gasteiger partial charge in [-0.15, -0.1) is 0 Å². The summed E-state index contributed by atoms with van der Waals surface area (Å²) in [5.74, 6) is 0.967. The first kappa shape index (κ1) is 12.8. The van der Waals surface area contributed by atoms with Crippen molar-refractivity contribution in [2.45, 2.75) is 45.2 Å². The van der Waals surface area contributed by atoms with Crippen LogP contribution in [0.25, 0.3) is 0 Å².